The molecular formula is C33H41BrN6O4. The van der Waals surface area contributed by atoms with Crippen molar-refractivity contribution in [1.29, 1.82) is 0 Å². The van der Waals surface area contributed by atoms with Gasteiger partial charge in [-0.2, -0.15) is 5.10 Å². The summed E-state index contributed by atoms with van der Waals surface area (Å²) in [5.74, 6) is 2.41. The number of allylic oxidation sites excluding steroid dienone is 6. The van der Waals surface area contributed by atoms with E-state index in [2.05, 4.69) is 57.4 Å². The van der Waals surface area contributed by atoms with Crippen molar-refractivity contribution in [3.05, 3.63) is 70.7 Å². The van der Waals surface area contributed by atoms with Gasteiger partial charge in [-0.05, 0) is 50.0 Å². The minimum absolute atomic E-state index is 0.565. The molecule has 234 valence electrons. The third-order valence-electron chi connectivity index (χ3n) is 7.79. The van der Waals surface area contributed by atoms with Crippen LogP contribution in [0.4, 0.5) is 5.95 Å². The standard InChI is InChI=1S/C33H41BrN6O4/c1-6-40-21-26-31(38-40)30(24-12-15-39(14-8-16-41-2)27-10-7-9-23(20-34)17-25(24)27)37-33(36-26)35-13-11-22-18-28(42-3)32(44-5)29(19-22)43-4/h7,10,12,17-19,21H,6,8-9,11,13-16,20H2,1-5H3,(H,35,36). The van der Waals surface area contributed by atoms with Crippen LogP contribution >= 0.6 is 15.9 Å². The fraction of sp³-hybridized carbons (Fsp3) is 0.424. The normalized spacial score (nSPS) is 14.7. The van der Waals surface area contributed by atoms with Crippen molar-refractivity contribution in [2.45, 2.75) is 32.7 Å². The highest BCUT2D eigenvalue weighted by Gasteiger charge is 2.26. The molecule has 0 spiro atoms. The number of nitrogens with one attached hydrogen (secondary N) is 1. The molecule has 0 unspecified atom stereocenters. The van der Waals surface area contributed by atoms with Crippen molar-refractivity contribution in [3.8, 4) is 17.2 Å². The van der Waals surface area contributed by atoms with Gasteiger partial charge >= 0.3 is 0 Å². The van der Waals surface area contributed by atoms with E-state index in [1.165, 1.54) is 11.3 Å². The molecule has 1 aliphatic carbocycles. The van der Waals surface area contributed by atoms with Gasteiger partial charge in [0.2, 0.25) is 11.7 Å². The van der Waals surface area contributed by atoms with Crippen molar-refractivity contribution < 1.29 is 18.9 Å². The second kappa shape index (κ2) is 14.8. The van der Waals surface area contributed by atoms with E-state index in [0.29, 0.717) is 36.2 Å². The number of halogens is 1. The van der Waals surface area contributed by atoms with Crippen LogP contribution in [0.15, 0.2) is 59.5 Å². The fourth-order valence-corrected chi connectivity index (χ4v) is 5.96. The van der Waals surface area contributed by atoms with Gasteiger partial charge in [0.1, 0.15) is 16.7 Å². The molecule has 2 aromatic heterocycles. The van der Waals surface area contributed by atoms with E-state index in [9.17, 15) is 0 Å². The molecule has 0 radical (unpaired) electrons. The predicted octanol–water partition coefficient (Wildman–Crippen LogP) is 5.80. The number of anilines is 1. The largest absolute Gasteiger partial charge is 0.493 e. The Morgan fingerprint density at radius 2 is 1.84 bits per heavy atom. The van der Waals surface area contributed by atoms with Gasteiger partial charge in [-0.1, -0.05) is 39.7 Å². The average Bonchev–Trinajstić information content (AvgIpc) is 3.35. The van der Waals surface area contributed by atoms with E-state index >= 15 is 0 Å². The summed E-state index contributed by atoms with van der Waals surface area (Å²) < 4.78 is 23.8. The molecule has 0 saturated heterocycles. The minimum atomic E-state index is 0.565. The van der Waals surface area contributed by atoms with Crippen molar-refractivity contribution in [3.63, 3.8) is 0 Å². The number of hydrogen-bond acceptors (Lipinski definition) is 9. The molecule has 3 heterocycles. The van der Waals surface area contributed by atoms with Crippen molar-refractivity contribution in [2.75, 3.05) is 65.3 Å². The van der Waals surface area contributed by atoms with Crippen LogP contribution < -0.4 is 19.5 Å². The minimum Gasteiger partial charge on any atom is -0.493 e. The molecule has 1 aromatic carbocycles. The van der Waals surface area contributed by atoms with Crippen LogP contribution in [0.1, 0.15) is 31.0 Å². The molecule has 0 atom stereocenters. The van der Waals surface area contributed by atoms with Crippen molar-refractivity contribution in [1.82, 2.24) is 24.6 Å². The highest BCUT2D eigenvalue weighted by molar-refractivity contribution is 9.09. The summed E-state index contributed by atoms with van der Waals surface area (Å²) in [6.45, 7) is 5.86. The van der Waals surface area contributed by atoms with E-state index in [1.54, 1.807) is 28.4 Å². The summed E-state index contributed by atoms with van der Waals surface area (Å²) in [6, 6.07) is 3.94. The molecule has 10 nitrogen and oxygen atoms in total. The van der Waals surface area contributed by atoms with Gasteiger partial charge in [0.25, 0.3) is 0 Å². The maximum absolute atomic E-state index is 5.54. The first-order chi connectivity index (χ1) is 21.5. The number of aryl methyl sites for hydroxylation is 1. The topological polar surface area (TPSA) is 95.8 Å². The molecule has 0 fully saturated rings. The smallest absolute Gasteiger partial charge is 0.224 e. The molecule has 44 heavy (non-hydrogen) atoms. The van der Waals surface area contributed by atoms with E-state index < -0.39 is 0 Å². The average molecular weight is 666 g/mol. The van der Waals surface area contributed by atoms with Crippen LogP contribution in [-0.4, -0.2) is 84.7 Å². The summed E-state index contributed by atoms with van der Waals surface area (Å²) >= 11 is 3.69. The van der Waals surface area contributed by atoms with Crippen LogP contribution in [-0.2, 0) is 17.7 Å². The number of alkyl halides is 1. The van der Waals surface area contributed by atoms with E-state index in [1.807, 2.05) is 23.0 Å². The Kier molecular flexibility index (Phi) is 10.6. The monoisotopic (exact) mass is 664 g/mol. The van der Waals surface area contributed by atoms with Crippen LogP contribution in [0.3, 0.4) is 0 Å². The van der Waals surface area contributed by atoms with E-state index in [4.69, 9.17) is 34.0 Å². The maximum atomic E-state index is 5.54. The molecule has 0 saturated carbocycles. The van der Waals surface area contributed by atoms with E-state index in [-0.39, 0.29) is 0 Å². The first-order valence-corrected chi connectivity index (χ1v) is 16.0. The molecule has 0 amide bonds. The summed E-state index contributed by atoms with van der Waals surface area (Å²) in [5.41, 5.74) is 8.24. The number of fused-ring (bicyclic) bond motifs is 1. The summed E-state index contributed by atoms with van der Waals surface area (Å²) in [4.78, 5) is 12.4. The molecule has 5 rings (SSSR count). The lowest BCUT2D eigenvalue weighted by molar-refractivity contribution is 0.183. The summed E-state index contributed by atoms with van der Waals surface area (Å²) in [6.07, 6.45) is 13.6. The molecule has 3 aromatic rings. The van der Waals surface area contributed by atoms with Gasteiger partial charge in [-0.25, -0.2) is 9.97 Å². The first-order valence-electron chi connectivity index (χ1n) is 14.9. The second-order valence-electron chi connectivity index (χ2n) is 10.6. The first kappa shape index (κ1) is 31.6. The van der Waals surface area contributed by atoms with Crippen molar-refractivity contribution >= 4 is 38.5 Å². The summed E-state index contributed by atoms with van der Waals surface area (Å²) in [5, 5.41) is 9.17. The number of aromatic nitrogens is 4. The van der Waals surface area contributed by atoms with Gasteiger partial charge in [0.15, 0.2) is 11.5 Å². The molecule has 1 aliphatic heterocycles. The number of ether oxygens (including phenoxy) is 4. The zero-order valence-corrected chi connectivity index (χ0v) is 27.7. The fourth-order valence-electron chi connectivity index (χ4n) is 5.57. The van der Waals surface area contributed by atoms with Gasteiger partial charge in [0, 0.05) is 62.1 Å². The Bertz CT molecular complexity index is 1580. The highest BCUT2D eigenvalue weighted by atomic mass is 79.9. The van der Waals surface area contributed by atoms with Gasteiger partial charge in [-0.15, -0.1) is 0 Å². The van der Waals surface area contributed by atoms with Crippen LogP contribution in [0, 0.1) is 0 Å². The van der Waals surface area contributed by atoms with Gasteiger partial charge < -0.3 is 29.2 Å². The number of nitrogens with zero attached hydrogens (tertiary/aromatic N) is 5. The number of rotatable bonds is 14. The zero-order chi connectivity index (χ0) is 31.1. The lowest BCUT2D eigenvalue weighted by atomic mass is 9.94. The van der Waals surface area contributed by atoms with Gasteiger partial charge in [-0.3, -0.25) is 4.68 Å². The SMILES string of the molecule is CCn1cc2nc(NCCc3cc(OC)c(OC)c(OC)c3)nc(C3=CCN(CCCOC)C4=C3C=C(CBr)CC=C4)c2n1. The molecule has 2 aliphatic rings. The van der Waals surface area contributed by atoms with Gasteiger partial charge in [0.05, 0.1) is 27.5 Å². The third-order valence-corrected chi connectivity index (χ3v) is 8.51. The van der Waals surface area contributed by atoms with Crippen LogP contribution in [0.2, 0.25) is 0 Å². The highest BCUT2D eigenvalue weighted by Crippen LogP contribution is 2.39. The zero-order valence-electron chi connectivity index (χ0n) is 26.2. The van der Waals surface area contributed by atoms with Crippen LogP contribution in [0.5, 0.6) is 17.2 Å². The number of benzene rings is 1. The Morgan fingerprint density at radius 1 is 1.05 bits per heavy atom. The number of methoxy groups -OCH3 is 4. The number of hydrogen-bond donors (Lipinski definition) is 1. The lowest BCUT2D eigenvalue weighted by Gasteiger charge is -2.31. The maximum Gasteiger partial charge on any atom is 0.224 e. The summed E-state index contributed by atoms with van der Waals surface area (Å²) in [7, 11) is 6.61. The molecule has 0 bridgehead atoms. The molecule has 11 heteroatoms. The Hall–Kier alpha value is -3.83. The van der Waals surface area contributed by atoms with Crippen molar-refractivity contribution in [2.24, 2.45) is 0 Å². The Morgan fingerprint density at radius 3 is 2.52 bits per heavy atom. The third kappa shape index (κ3) is 6.78. The Balaban J connectivity index is 1.49. The quantitative estimate of drug-likeness (QED) is 0.170. The lowest BCUT2D eigenvalue weighted by Crippen LogP contribution is -2.28. The van der Waals surface area contributed by atoms with Crippen LogP contribution in [0.25, 0.3) is 16.6 Å². The molecule has 1 N–H and O–H groups in total. The predicted molar refractivity (Wildman–Crippen MR) is 178 cm³/mol. The molecular weight excluding hydrogens is 624 g/mol. The Labute approximate surface area is 267 Å². The second-order valence-corrected chi connectivity index (χ2v) is 11.1. The van der Waals surface area contributed by atoms with E-state index in [0.717, 1.165) is 77.8 Å².